The van der Waals surface area contributed by atoms with Crippen molar-refractivity contribution >= 4 is 0 Å². The fourth-order valence-corrected chi connectivity index (χ4v) is 2.35. The first-order valence-electron chi connectivity index (χ1n) is 7.57. The highest BCUT2D eigenvalue weighted by atomic mass is 19.4. The Labute approximate surface area is 151 Å². The smallest absolute Gasteiger partial charge is 0.374 e. The zero-order valence-corrected chi connectivity index (χ0v) is 14.1. The van der Waals surface area contributed by atoms with Gasteiger partial charge in [-0.3, -0.25) is 0 Å². The van der Waals surface area contributed by atoms with E-state index in [-0.39, 0.29) is 5.56 Å². The summed E-state index contributed by atoms with van der Waals surface area (Å²) in [6.07, 6.45) is -5.25. The van der Waals surface area contributed by atoms with E-state index in [0.29, 0.717) is 0 Å². The Kier molecular flexibility index (Phi) is 5.32. The summed E-state index contributed by atoms with van der Waals surface area (Å²) in [5, 5.41) is 20.4. The zero-order chi connectivity index (χ0) is 20.6. The lowest BCUT2D eigenvalue weighted by Crippen LogP contribution is -2.41. The molecule has 0 saturated heterocycles. The average molecular weight is 388 g/mol. The molecule has 27 heavy (non-hydrogen) atoms. The lowest BCUT2D eigenvalue weighted by Gasteiger charge is -2.26. The molecular formula is C19H14F6O2. The molecule has 8 heteroatoms. The third-order valence-electron chi connectivity index (χ3n) is 3.94. The lowest BCUT2D eigenvalue weighted by molar-refractivity contribution is -0.240. The van der Waals surface area contributed by atoms with Crippen molar-refractivity contribution in [3.05, 3.63) is 70.5 Å². The summed E-state index contributed by atoms with van der Waals surface area (Å²) in [7, 11) is 0. The maximum atomic E-state index is 14.0. The molecule has 2 nitrogen and oxygen atoms in total. The molecule has 2 aromatic rings. The summed E-state index contributed by atoms with van der Waals surface area (Å²) in [4.78, 5) is 0. The minimum atomic E-state index is -5.25. The van der Waals surface area contributed by atoms with Crippen molar-refractivity contribution in [1.29, 1.82) is 0 Å². The van der Waals surface area contributed by atoms with E-state index in [2.05, 4.69) is 0 Å². The molecule has 0 amide bonds. The largest absolute Gasteiger partial charge is 0.433 e. The van der Waals surface area contributed by atoms with Gasteiger partial charge < -0.3 is 10.2 Å². The first-order chi connectivity index (χ1) is 12.3. The average Bonchev–Trinajstić information content (AvgIpc) is 2.60. The van der Waals surface area contributed by atoms with Crippen LogP contribution in [0.2, 0.25) is 0 Å². The number of benzene rings is 2. The van der Waals surface area contributed by atoms with Crippen LogP contribution in [0.3, 0.4) is 0 Å². The van der Waals surface area contributed by atoms with Gasteiger partial charge in [-0.15, -0.1) is 0 Å². The van der Waals surface area contributed by atoms with Gasteiger partial charge in [-0.25, -0.2) is 13.2 Å². The van der Waals surface area contributed by atoms with Crippen LogP contribution in [0.1, 0.15) is 23.6 Å². The summed E-state index contributed by atoms with van der Waals surface area (Å²) < 4.78 is 81.2. The highest BCUT2D eigenvalue weighted by molar-refractivity contribution is 5.40. The van der Waals surface area contributed by atoms with Crippen LogP contribution in [0.25, 0.3) is 0 Å². The molecule has 0 radical (unpaired) electrons. The standard InChI is InChI=1S/C19H14F6O2/c1-11-10-13(15(21)16(22)14(11)20)17(2,26)8-9-18(27,19(23,24)25)12-6-4-3-5-7-12/h3-7,10,26-27H,1-2H3/t17-,18-/m1/s1. The molecule has 0 bridgehead atoms. The predicted molar refractivity (Wildman–Crippen MR) is 84.8 cm³/mol. The van der Waals surface area contributed by atoms with E-state index in [0.717, 1.165) is 32.0 Å². The molecule has 0 aliphatic heterocycles. The summed E-state index contributed by atoms with van der Waals surface area (Å²) in [6, 6.07) is 6.58. The van der Waals surface area contributed by atoms with Crippen LogP contribution < -0.4 is 0 Å². The second kappa shape index (κ2) is 6.91. The van der Waals surface area contributed by atoms with Crippen LogP contribution >= 0.6 is 0 Å². The van der Waals surface area contributed by atoms with E-state index in [1.54, 1.807) is 5.92 Å². The maximum absolute atomic E-state index is 14.0. The van der Waals surface area contributed by atoms with Gasteiger partial charge in [0.15, 0.2) is 23.1 Å². The van der Waals surface area contributed by atoms with Crippen molar-refractivity contribution < 1.29 is 36.6 Å². The third-order valence-corrected chi connectivity index (χ3v) is 3.94. The Morgan fingerprint density at radius 3 is 1.93 bits per heavy atom. The summed E-state index contributed by atoms with van der Waals surface area (Å²) in [6.45, 7) is 1.89. The number of hydrogen-bond acceptors (Lipinski definition) is 2. The minimum Gasteiger partial charge on any atom is -0.374 e. The molecule has 0 fully saturated rings. The van der Waals surface area contributed by atoms with Crippen molar-refractivity contribution in [3.63, 3.8) is 0 Å². The fraction of sp³-hybridized carbons (Fsp3) is 0.263. The number of halogens is 6. The van der Waals surface area contributed by atoms with Gasteiger partial charge in [-0.1, -0.05) is 42.2 Å². The van der Waals surface area contributed by atoms with Crippen LogP contribution in [-0.2, 0) is 11.2 Å². The third kappa shape index (κ3) is 3.80. The number of aryl methyl sites for hydroxylation is 1. The molecule has 2 rings (SSSR count). The molecule has 2 N–H and O–H groups in total. The molecule has 144 valence electrons. The van der Waals surface area contributed by atoms with Crippen LogP contribution in [0.4, 0.5) is 26.3 Å². The summed E-state index contributed by atoms with van der Waals surface area (Å²) in [5.74, 6) is -1.90. The number of rotatable bonds is 2. The topological polar surface area (TPSA) is 40.5 Å². The van der Waals surface area contributed by atoms with Crippen LogP contribution in [0, 0.1) is 36.2 Å². The zero-order valence-electron chi connectivity index (χ0n) is 14.1. The van der Waals surface area contributed by atoms with E-state index in [1.165, 1.54) is 24.1 Å². The van der Waals surface area contributed by atoms with Crippen molar-refractivity contribution in [2.45, 2.75) is 31.2 Å². The van der Waals surface area contributed by atoms with Crippen LogP contribution in [0.5, 0.6) is 0 Å². The van der Waals surface area contributed by atoms with E-state index in [4.69, 9.17) is 0 Å². The Morgan fingerprint density at radius 2 is 1.41 bits per heavy atom. The molecule has 0 spiro atoms. The van der Waals surface area contributed by atoms with Gasteiger partial charge in [-0.2, -0.15) is 13.2 Å². The molecule has 0 aliphatic rings. The van der Waals surface area contributed by atoms with E-state index in [9.17, 15) is 36.6 Å². The van der Waals surface area contributed by atoms with Crippen molar-refractivity contribution in [2.75, 3.05) is 0 Å². The van der Waals surface area contributed by atoms with Gasteiger partial charge in [-0.05, 0) is 25.5 Å². The monoisotopic (exact) mass is 388 g/mol. The quantitative estimate of drug-likeness (QED) is 0.463. The highest BCUT2D eigenvalue weighted by Gasteiger charge is 2.54. The predicted octanol–water partition coefficient (Wildman–Crippen LogP) is 4.07. The maximum Gasteiger partial charge on any atom is 0.433 e. The van der Waals surface area contributed by atoms with Crippen LogP contribution in [-0.4, -0.2) is 16.4 Å². The van der Waals surface area contributed by atoms with E-state index >= 15 is 0 Å². The van der Waals surface area contributed by atoms with Crippen molar-refractivity contribution in [2.24, 2.45) is 0 Å². The molecule has 0 aromatic heterocycles. The Hall–Kier alpha value is -2.50. The molecular weight excluding hydrogens is 374 g/mol. The minimum absolute atomic E-state index is 0.375. The number of hydrogen-bond donors (Lipinski definition) is 2. The second-order valence-electron chi connectivity index (χ2n) is 6.08. The van der Waals surface area contributed by atoms with Gasteiger partial charge in [0.2, 0.25) is 5.60 Å². The normalized spacial score (nSPS) is 16.1. The Bertz CT molecular complexity index is 910. The molecule has 0 unspecified atom stereocenters. The molecule has 2 atom stereocenters. The van der Waals surface area contributed by atoms with Gasteiger partial charge in [0, 0.05) is 11.1 Å². The number of aliphatic hydroxyl groups is 2. The highest BCUT2D eigenvalue weighted by Crippen LogP contribution is 2.39. The summed E-state index contributed by atoms with van der Waals surface area (Å²) >= 11 is 0. The molecule has 0 saturated carbocycles. The Morgan fingerprint density at radius 1 is 0.852 bits per heavy atom. The first kappa shape index (κ1) is 20.8. The van der Waals surface area contributed by atoms with Gasteiger partial charge in [0.1, 0.15) is 0 Å². The fourth-order valence-electron chi connectivity index (χ4n) is 2.35. The Balaban J connectivity index is 2.62. The van der Waals surface area contributed by atoms with Gasteiger partial charge in [0.05, 0.1) is 0 Å². The van der Waals surface area contributed by atoms with Gasteiger partial charge in [0.25, 0.3) is 0 Å². The molecule has 2 aromatic carbocycles. The summed E-state index contributed by atoms with van der Waals surface area (Å²) in [5.41, 5.74) is -8.16. The van der Waals surface area contributed by atoms with Crippen molar-refractivity contribution in [1.82, 2.24) is 0 Å². The van der Waals surface area contributed by atoms with Gasteiger partial charge >= 0.3 is 6.18 Å². The lowest BCUT2D eigenvalue weighted by atomic mass is 9.89. The van der Waals surface area contributed by atoms with E-state index in [1.807, 2.05) is 0 Å². The SMILES string of the molecule is Cc1cc([C@](C)(O)C#C[C@@](O)(c2ccccc2)C(F)(F)F)c(F)c(F)c1F. The van der Waals surface area contributed by atoms with Crippen molar-refractivity contribution in [3.8, 4) is 11.8 Å². The first-order valence-corrected chi connectivity index (χ1v) is 7.57. The van der Waals surface area contributed by atoms with Crippen LogP contribution in [0.15, 0.2) is 36.4 Å². The molecule has 0 heterocycles. The second-order valence-corrected chi connectivity index (χ2v) is 6.08. The number of alkyl halides is 3. The van der Waals surface area contributed by atoms with E-state index < -0.39 is 46.0 Å². The molecule has 0 aliphatic carbocycles.